The van der Waals surface area contributed by atoms with Crippen molar-refractivity contribution >= 4 is 11.7 Å². The molecule has 2 aromatic rings. The topological polar surface area (TPSA) is 76.6 Å². The number of benzene rings is 1. The maximum absolute atomic E-state index is 12.6. The van der Waals surface area contributed by atoms with Crippen molar-refractivity contribution in [2.75, 3.05) is 31.6 Å². The number of likely N-dealkylation sites (tertiary alicyclic amines) is 1. The van der Waals surface area contributed by atoms with E-state index in [9.17, 15) is 4.79 Å². The quantitative estimate of drug-likeness (QED) is 0.893. The molecule has 0 atom stereocenters. The number of nitrogens with zero attached hydrogens (tertiary/aromatic N) is 3. The summed E-state index contributed by atoms with van der Waals surface area (Å²) in [6, 6.07) is 11.8. The van der Waals surface area contributed by atoms with Gasteiger partial charge in [-0.05, 0) is 24.6 Å². The van der Waals surface area contributed by atoms with Gasteiger partial charge >= 0.3 is 0 Å². The van der Waals surface area contributed by atoms with Crippen molar-refractivity contribution in [2.24, 2.45) is 0 Å². The van der Waals surface area contributed by atoms with Crippen molar-refractivity contribution in [1.29, 1.82) is 0 Å². The predicted molar refractivity (Wildman–Crippen MR) is 100 cm³/mol. The monoisotopic (exact) mass is 368 g/mol. The summed E-state index contributed by atoms with van der Waals surface area (Å²) in [6.45, 7) is 5.21. The number of hydrogen-bond acceptors (Lipinski definition) is 6. The Labute approximate surface area is 158 Å². The lowest BCUT2D eigenvalue weighted by molar-refractivity contribution is -0.181. The van der Waals surface area contributed by atoms with Gasteiger partial charge in [-0.25, -0.2) is 0 Å². The van der Waals surface area contributed by atoms with Crippen LogP contribution in [-0.4, -0.2) is 53.1 Å². The second kappa shape index (κ2) is 7.62. The van der Waals surface area contributed by atoms with Crippen molar-refractivity contribution in [2.45, 2.75) is 32.1 Å². The van der Waals surface area contributed by atoms with Crippen LogP contribution in [0.3, 0.4) is 0 Å². The summed E-state index contributed by atoms with van der Waals surface area (Å²) in [5, 5.41) is 11.5. The number of aryl methyl sites for hydroxylation is 1. The van der Waals surface area contributed by atoms with Crippen LogP contribution in [0.5, 0.6) is 0 Å². The fraction of sp³-hybridized carbons (Fsp3) is 0.450. The van der Waals surface area contributed by atoms with Gasteiger partial charge in [0.1, 0.15) is 5.82 Å². The number of piperidine rings is 1. The molecule has 7 heteroatoms. The van der Waals surface area contributed by atoms with Crippen molar-refractivity contribution in [3.05, 3.63) is 53.2 Å². The lowest BCUT2D eigenvalue weighted by Crippen LogP contribution is -2.47. The SMILES string of the molecule is Cc1ccc(CNc2ccc(C(=O)N3CCC4(CC3)OCCO4)nn2)cc1. The predicted octanol–water partition coefficient (Wildman–Crippen LogP) is 2.38. The van der Waals surface area contributed by atoms with Gasteiger partial charge in [0.15, 0.2) is 11.5 Å². The molecular weight excluding hydrogens is 344 g/mol. The maximum atomic E-state index is 12.6. The first kappa shape index (κ1) is 17.9. The zero-order valence-electron chi connectivity index (χ0n) is 15.5. The summed E-state index contributed by atoms with van der Waals surface area (Å²) in [4.78, 5) is 14.4. The molecule has 2 aliphatic rings. The molecule has 1 N–H and O–H groups in total. The first-order valence-electron chi connectivity index (χ1n) is 9.34. The number of carbonyl (C=O) groups excluding carboxylic acids is 1. The van der Waals surface area contributed by atoms with Crippen LogP contribution in [0, 0.1) is 6.92 Å². The smallest absolute Gasteiger partial charge is 0.274 e. The van der Waals surface area contributed by atoms with Crippen LogP contribution in [0.15, 0.2) is 36.4 Å². The molecule has 0 unspecified atom stereocenters. The molecular formula is C20H24N4O3. The number of anilines is 1. The summed E-state index contributed by atoms with van der Waals surface area (Å²) in [5.41, 5.74) is 2.76. The highest BCUT2D eigenvalue weighted by Crippen LogP contribution is 2.31. The number of aromatic nitrogens is 2. The highest BCUT2D eigenvalue weighted by Gasteiger charge is 2.41. The van der Waals surface area contributed by atoms with Crippen LogP contribution in [0.1, 0.15) is 34.5 Å². The van der Waals surface area contributed by atoms with Gasteiger partial charge < -0.3 is 19.7 Å². The number of ether oxygens (including phenoxy) is 2. The molecule has 2 saturated heterocycles. The van der Waals surface area contributed by atoms with E-state index in [0.29, 0.717) is 57.2 Å². The van der Waals surface area contributed by atoms with E-state index >= 15 is 0 Å². The molecule has 27 heavy (non-hydrogen) atoms. The van der Waals surface area contributed by atoms with Crippen molar-refractivity contribution in [3.8, 4) is 0 Å². The van der Waals surface area contributed by atoms with E-state index < -0.39 is 5.79 Å². The Morgan fingerprint density at radius 1 is 1.07 bits per heavy atom. The van der Waals surface area contributed by atoms with Crippen molar-refractivity contribution < 1.29 is 14.3 Å². The van der Waals surface area contributed by atoms with Crippen LogP contribution in [0.4, 0.5) is 5.82 Å². The van der Waals surface area contributed by atoms with E-state index in [0.717, 1.165) is 0 Å². The molecule has 0 aliphatic carbocycles. The van der Waals surface area contributed by atoms with E-state index in [1.165, 1.54) is 11.1 Å². The molecule has 1 aromatic heterocycles. The number of rotatable bonds is 4. The van der Waals surface area contributed by atoms with Gasteiger partial charge in [0.25, 0.3) is 5.91 Å². The Balaban J connectivity index is 1.31. The average Bonchev–Trinajstić information content (AvgIpc) is 3.16. The Bertz CT molecular complexity index is 776. The highest BCUT2D eigenvalue weighted by molar-refractivity contribution is 5.92. The van der Waals surface area contributed by atoms with Gasteiger partial charge in [-0.3, -0.25) is 4.79 Å². The fourth-order valence-electron chi connectivity index (χ4n) is 3.44. The molecule has 1 amide bonds. The maximum Gasteiger partial charge on any atom is 0.274 e. The lowest BCUT2D eigenvalue weighted by atomic mass is 10.0. The van der Waals surface area contributed by atoms with E-state index in [4.69, 9.17) is 9.47 Å². The zero-order chi connectivity index (χ0) is 18.7. The first-order valence-corrected chi connectivity index (χ1v) is 9.34. The van der Waals surface area contributed by atoms with Gasteiger partial charge in [-0.2, -0.15) is 0 Å². The van der Waals surface area contributed by atoms with Crippen LogP contribution in [0.25, 0.3) is 0 Å². The minimum Gasteiger partial charge on any atom is -0.365 e. The minimum absolute atomic E-state index is 0.0968. The molecule has 7 nitrogen and oxygen atoms in total. The largest absolute Gasteiger partial charge is 0.365 e. The van der Waals surface area contributed by atoms with Gasteiger partial charge in [0, 0.05) is 32.5 Å². The van der Waals surface area contributed by atoms with Gasteiger partial charge in [-0.1, -0.05) is 29.8 Å². The molecule has 4 rings (SSSR count). The molecule has 1 aromatic carbocycles. The molecule has 142 valence electrons. The third-order valence-corrected chi connectivity index (χ3v) is 5.10. The first-order chi connectivity index (χ1) is 13.1. The Hall–Kier alpha value is -2.51. The third kappa shape index (κ3) is 4.09. The van der Waals surface area contributed by atoms with Crippen LogP contribution in [-0.2, 0) is 16.0 Å². The standard InChI is InChI=1S/C20H24N4O3/c1-15-2-4-16(5-3-15)14-21-18-7-6-17(22-23-18)19(25)24-10-8-20(9-11-24)26-12-13-27-20/h2-7H,8-14H2,1H3,(H,21,23). The summed E-state index contributed by atoms with van der Waals surface area (Å²) in [5.74, 6) is 0.0737. The van der Waals surface area contributed by atoms with Crippen molar-refractivity contribution in [3.63, 3.8) is 0 Å². The summed E-state index contributed by atoms with van der Waals surface area (Å²) in [6.07, 6.45) is 1.39. The van der Waals surface area contributed by atoms with Crippen LogP contribution in [0.2, 0.25) is 0 Å². The number of hydrogen-bond donors (Lipinski definition) is 1. The Kier molecular flexibility index (Phi) is 5.05. The molecule has 0 radical (unpaired) electrons. The normalized spacial score (nSPS) is 18.6. The van der Waals surface area contributed by atoms with Gasteiger partial charge in [0.05, 0.1) is 13.2 Å². The molecule has 1 spiro atoms. The number of carbonyl (C=O) groups is 1. The van der Waals surface area contributed by atoms with E-state index in [2.05, 4.69) is 46.7 Å². The van der Waals surface area contributed by atoms with Gasteiger partial charge in [0.2, 0.25) is 0 Å². The molecule has 2 aliphatic heterocycles. The number of nitrogens with one attached hydrogen (secondary N) is 1. The molecule has 0 bridgehead atoms. The third-order valence-electron chi connectivity index (χ3n) is 5.10. The summed E-state index contributed by atoms with van der Waals surface area (Å²) >= 11 is 0. The Morgan fingerprint density at radius 2 is 1.78 bits per heavy atom. The Morgan fingerprint density at radius 3 is 2.41 bits per heavy atom. The van der Waals surface area contributed by atoms with E-state index in [1.807, 2.05) is 0 Å². The van der Waals surface area contributed by atoms with Crippen LogP contribution < -0.4 is 5.32 Å². The highest BCUT2D eigenvalue weighted by atomic mass is 16.7. The van der Waals surface area contributed by atoms with Crippen molar-refractivity contribution in [1.82, 2.24) is 15.1 Å². The summed E-state index contributed by atoms with van der Waals surface area (Å²) in [7, 11) is 0. The molecule has 0 saturated carbocycles. The average molecular weight is 368 g/mol. The van der Waals surface area contributed by atoms with Crippen LogP contribution >= 0.6 is 0 Å². The van der Waals surface area contributed by atoms with E-state index in [1.54, 1.807) is 17.0 Å². The lowest BCUT2D eigenvalue weighted by Gasteiger charge is -2.37. The second-order valence-corrected chi connectivity index (χ2v) is 7.04. The second-order valence-electron chi connectivity index (χ2n) is 7.04. The minimum atomic E-state index is -0.480. The number of amides is 1. The van der Waals surface area contributed by atoms with E-state index in [-0.39, 0.29) is 5.91 Å². The van der Waals surface area contributed by atoms with Gasteiger partial charge in [-0.15, -0.1) is 10.2 Å². The summed E-state index contributed by atoms with van der Waals surface area (Å²) < 4.78 is 11.4. The molecule has 3 heterocycles. The zero-order valence-corrected chi connectivity index (χ0v) is 15.5. The molecule has 2 fully saturated rings. The fourth-order valence-corrected chi connectivity index (χ4v) is 3.44.